The highest BCUT2D eigenvalue weighted by Gasteiger charge is 2.42. The molecular formula is C45H55N9O6. The summed E-state index contributed by atoms with van der Waals surface area (Å²) in [5.74, 6) is 0.214. The molecule has 0 bridgehead atoms. The SMILES string of the molecule is COC(=O)N[C@H](C(=O)N1C[C@@H](C#N)C[C@H]1c1ncc(/C(C)=C/C=C(\C)c2ccc3cc(-c4cnc([C@@H]5CCCN5C(=O)[C@@H](NC(=O)OC)C(C)C)[nH]4)ccc3c2)[nH]1)C(C)C. The lowest BCUT2D eigenvalue weighted by Gasteiger charge is -2.30. The van der Waals surface area contributed by atoms with Crippen LogP contribution >= 0.6 is 0 Å². The zero-order valence-corrected chi connectivity index (χ0v) is 35.5. The molecule has 316 valence electrons. The van der Waals surface area contributed by atoms with E-state index in [1.54, 1.807) is 16.0 Å². The molecule has 0 spiro atoms. The van der Waals surface area contributed by atoms with Crippen LogP contribution in [0.4, 0.5) is 9.59 Å². The number of allylic oxidation sites excluding steroid dienone is 4. The number of aromatic nitrogens is 4. The molecule has 0 radical (unpaired) electrons. The Labute approximate surface area is 350 Å². The van der Waals surface area contributed by atoms with Gasteiger partial charge in [0.25, 0.3) is 0 Å². The summed E-state index contributed by atoms with van der Waals surface area (Å²) in [5, 5.41) is 17.2. The molecule has 15 nitrogen and oxygen atoms in total. The number of hydrogen-bond acceptors (Lipinski definition) is 9. The van der Waals surface area contributed by atoms with Crippen molar-refractivity contribution in [2.75, 3.05) is 27.3 Å². The van der Waals surface area contributed by atoms with E-state index in [2.05, 4.69) is 81.1 Å². The van der Waals surface area contributed by atoms with E-state index < -0.39 is 30.3 Å². The van der Waals surface area contributed by atoms with Crippen molar-refractivity contribution in [3.8, 4) is 17.3 Å². The zero-order chi connectivity index (χ0) is 43.2. The highest BCUT2D eigenvalue weighted by atomic mass is 16.5. The number of alkyl carbamates (subject to hydrolysis) is 2. The van der Waals surface area contributed by atoms with E-state index >= 15 is 0 Å². The van der Waals surface area contributed by atoms with Crippen LogP contribution in [-0.2, 0) is 19.1 Å². The lowest BCUT2D eigenvalue weighted by molar-refractivity contribution is -0.136. The Balaban J connectivity index is 1.14. The molecule has 2 aliphatic rings. The third-order valence-electron chi connectivity index (χ3n) is 11.5. The van der Waals surface area contributed by atoms with Crippen LogP contribution in [0.2, 0.25) is 0 Å². The Bertz CT molecular complexity index is 2340. The first-order chi connectivity index (χ1) is 28.7. The van der Waals surface area contributed by atoms with Gasteiger partial charge in [0.05, 0.1) is 62.1 Å². The largest absolute Gasteiger partial charge is 0.453 e. The molecule has 4 N–H and O–H groups in total. The number of H-pyrrole nitrogens is 2. The van der Waals surface area contributed by atoms with Gasteiger partial charge in [0.15, 0.2) is 0 Å². The first kappa shape index (κ1) is 43.2. The number of benzene rings is 2. The molecule has 15 heteroatoms. The van der Waals surface area contributed by atoms with Gasteiger partial charge in [-0.05, 0) is 84.6 Å². The van der Waals surface area contributed by atoms with Crippen LogP contribution in [0.5, 0.6) is 0 Å². The first-order valence-corrected chi connectivity index (χ1v) is 20.4. The van der Waals surface area contributed by atoms with E-state index in [1.807, 2.05) is 46.9 Å². The van der Waals surface area contributed by atoms with E-state index in [9.17, 15) is 24.4 Å². The van der Waals surface area contributed by atoms with Crippen molar-refractivity contribution in [2.24, 2.45) is 17.8 Å². The molecule has 4 heterocycles. The van der Waals surface area contributed by atoms with Gasteiger partial charge in [-0.15, -0.1) is 0 Å². The summed E-state index contributed by atoms with van der Waals surface area (Å²) in [7, 11) is 2.54. The van der Waals surface area contributed by atoms with Crippen molar-refractivity contribution in [1.29, 1.82) is 5.26 Å². The fourth-order valence-corrected chi connectivity index (χ4v) is 7.96. The average Bonchev–Trinajstić information content (AvgIpc) is 4.09. The minimum atomic E-state index is -0.806. The van der Waals surface area contributed by atoms with E-state index in [-0.39, 0.29) is 42.2 Å². The minimum Gasteiger partial charge on any atom is -0.453 e. The normalized spacial score (nSPS) is 19.4. The lowest BCUT2D eigenvalue weighted by Crippen LogP contribution is -2.51. The summed E-state index contributed by atoms with van der Waals surface area (Å²) in [5.41, 5.74) is 5.72. The Morgan fingerprint density at radius 2 is 1.42 bits per heavy atom. The maximum absolute atomic E-state index is 13.7. The number of nitrogens with one attached hydrogen (secondary N) is 4. The molecule has 0 unspecified atom stereocenters. The Kier molecular flexibility index (Phi) is 13.4. The quantitative estimate of drug-likeness (QED) is 0.106. The van der Waals surface area contributed by atoms with Gasteiger partial charge in [-0.1, -0.05) is 64.1 Å². The van der Waals surface area contributed by atoms with E-state index in [4.69, 9.17) is 14.5 Å². The fourth-order valence-electron chi connectivity index (χ4n) is 7.96. The van der Waals surface area contributed by atoms with Gasteiger partial charge in [0.2, 0.25) is 11.8 Å². The Morgan fingerprint density at radius 1 is 0.817 bits per heavy atom. The average molecular weight is 818 g/mol. The highest BCUT2D eigenvalue weighted by Crippen LogP contribution is 2.36. The molecule has 0 aliphatic carbocycles. The molecule has 2 aromatic carbocycles. The highest BCUT2D eigenvalue weighted by molar-refractivity contribution is 5.90. The number of methoxy groups -OCH3 is 2. The number of likely N-dealkylation sites (tertiary alicyclic amines) is 2. The van der Waals surface area contributed by atoms with Gasteiger partial charge < -0.3 is 39.9 Å². The summed E-state index contributed by atoms with van der Waals surface area (Å²) in [4.78, 5) is 70.9. The van der Waals surface area contributed by atoms with Crippen LogP contribution < -0.4 is 10.6 Å². The van der Waals surface area contributed by atoms with Gasteiger partial charge in [-0.2, -0.15) is 5.26 Å². The molecule has 2 fully saturated rings. The predicted octanol–water partition coefficient (Wildman–Crippen LogP) is 7.30. The number of amides is 4. The third-order valence-corrected chi connectivity index (χ3v) is 11.5. The van der Waals surface area contributed by atoms with Crippen molar-refractivity contribution in [1.82, 2.24) is 40.4 Å². The minimum absolute atomic E-state index is 0.113. The molecule has 2 aliphatic heterocycles. The number of nitriles is 1. The number of carbonyl (C=O) groups is 4. The van der Waals surface area contributed by atoms with E-state index in [0.717, 1.165) is 63.1 Å². The second-order valence-electron chi connectivity index (χ2n) is 16.3. The van der Waals surface area contributed by atoms with Gasteiger partial charge in [0, 0.05) is 18.7 Å². The number of aromatic amines is 2. The topological polar surface area (TPSA) is 198 Å². The number of hydrogen-bond donors (Lipinski definition) is 4. The smallest absolute Gasteiger partial charge is 0.407 e. The third kappa shape index (κ3) is 9.38. The molecule has 2 aromatic heterocycles. The zero-order valence-electron chi connectivity index (χ0n) is 35.5. The van der Waals surface area contributed by atoms with Crippen LogP contribution in [0.1, 0.15) is 95.8 Å². The van der Waals surface area contributed by atoms with Crippen molar-refractivity contribution in [2.45, 2.75) is 85.0 Å². The van der Waals surface area contributed by atoms with Crippen molar-refractivity contribution < 1.29 is 28.7 Å². The molecule has 0 saturated carbocycles. The van der Waals surface area contributed by atoms with Crippen LogP contribution in [0.3, 0.4) is 0 Å². The van der Waals surface area contributed by atoms with Crippen molar-refractivity contribution in [3.05, 3.63) is 83.9 Å². The number of nitrogens with zero attached hydrogens (tertiary/aromatic N) is 5. The van der Waals surface area contributed by atoms with Gasteiger partial charge >= 0.3 is 12.2 Å². The molecule has 60 heavy (non-hydrogen) atoms. The predicted molar refractivity (Wildman–Crippen MR) is 228 cm³/mol. The fraction of sp³-hybridized carbons (Fsp3) is 0.444. The standard InChI is InChI=1S/C45H55N9O6/c1-25(2)38(51-44(57)59-7)42(55)53-17-9-10-36(53)40-48-23-35(50-40)33-16-15-31-19-30(13-14-32(31)20-33)27(5)11-12-28(6)34-22-47-41(49-34)37-18-29(21-46)24-54(37)43(56)39(26(3)4)52-45(58)60-8/h11-16,19-20,22-23,25-26,29,36-39H,9-10,17-18,24H2,1-8H3,(H,47,49)(H,48,50)(H,51,57)(H,52,58)/b27-11+,28-12+/t29-,36+,37+,38+,39+/m1/s1. The monoisotopic (exact) mass is 817 g/mol. The second-order valence-corrected chi connectivity index (χ2v) is 16.3. The number of ether oxygens (including phenoxy) is 2. The van der Waals surface area contributed by atoms with E-state index in [1.165, 1.54) is 14.2 Å². The van der Waals surface area contributed by atoms with E-state index in [0.29, 0.717) is 18.8 Å². The number of rotatable bonds is 12. The number of carbonyl (C=O) groups excluding carboxylic acids is 4. The Morgan fingerprint density at radius 3 is 2.07 bits per heavy atom. The lowest BCUT2D eigenvalue weighted by atomic mass is 9.99. The maximum Gasteiger partial charge on any atom is 0.407 e. The molecule has 5 atom stereocenters. The molecule has 4 amide bonds. The van der Waals surface area contributed by atoms with Gasteiger partial charge in [0.1, 0.15) is 23.7 Å². The summed E-state index contributed by atoms with van der Waals surface area (Å²) >= 11 is 0. The molecule has 6 rings (SSSR count). The first-order valence-electron chi connectivity index (χ1n) is 20.4. The maximum atomic E-state index is 13.7. The summed E-state index contributed by atoms with van der Waals surface area (Å²) < 4.78 is 9.51. The second kappa shape index (κ2) is 18.7. The molecule has 4 aromatic rings. The van der Waals surface area contributed by atoms with Crippen LogP contribution in [0, 0.1) is 29.1 Å². The van der Waals surface area contributed by atoms with Crippen LogP contribution in [0.15, 0.2) is 60.9 Å². The van der Waals surface area contributed by atoms with Crippen molar-refractivity contribution >= 4 is 45.9 Å². The van der Waals surface area contributed by atoms with Gasteiger partial charge in [-0.25, -0.2) is 19.6 Å². The number of imidazole rings is 2. The molecule has 2 saturated heterocycles. The summed E-state index contributed by atoms with van der Waals surface area (Å²) in [6.45, 7) is 12.4. The molecular weight excluding hydrogens is 763 g/mol. The number of fused-ring (bicyclic) bond motifs is 1. The van der Waals surface area contributed by atoms with Crippen molar-refractivity contribution in [3.63, 3.8) is 0 Å². The van der Waals surface area contributed by atoms with Crippen LogP contribution in [0.25, 0.3) is 33.2 Å². The summed E-state index contributed by atoms with van der Waals surface area (Å²) in [6, 6.07) is 12.8. The van der Waals surface area contributed by atoms with Gasteiger partial charge in [-0.3, -0.25) is 9.59 Å². The summed E-state index contributed by atoms with van der Waals surface area (Å²) in [6.07, 6.45) is 8.37. The van der Waals surface area contributed by atoms with Crippen LogP contribution in [-0.4, -0.2) is 93.1 Å². The Hall–Kier alpha value is -6.43.